The van der Waals surface area contributed by atoms with Crippen molar-refractivity contribution in [2.45, 2.75) is 39.5 Å². The number of hydrogen-bond acceptors (Lipinski definition) is 0. The van der Waals surface area contributed by atoms with Crippen LogP contribution in [0.4, 0.5) is 8.78 Å². The third kappa shape index (κ3) is 5.71. The van der Waals surface area contributed by atoms with Gasteiger partial charge in [0, 0.05) is 6.07 Å². The number of rotatable bonds is 6. The lowest BCUT2D eigenvalue weighted by atomic mass is 9.83. The van der Waals surface area contributed by atoms with E-state index in [2.05, 4.69) is 210 Å². The summed E-state index contributed by atoms with van der Waals surface area (Å²) in [6.45, 7) is 9.30. The molecule has 17 rings (SSSR count). The first-order chi connectivity index (χ1) is 38.2. The van der Waals surface area contributed by atoms with Gasteiger partial charge in [0.05, 0.1) is 0 Å². The van der Waals surface area contributed by atoms with E-state index in [0.717, 1.165) is 28.3 Å². The van der Waals surface area contributed by atoms with Gasteiger partial charge in [-0.1, -0.05) is 198 Å². The van der Waals surface area contributed by atoms with Crippen molar-refractivity contribution in [2.24, 2.45) is 0 Å². The molecule has 0 aliphatic heterocycles. The van der Waals surface area contributed by atoms with Crippen LogP contribution in [0, 0.1) is 11.6 Å². The van der Waals surface area contributed by atoms with E-state index in [1.807, 2.05) is 6.07 Å². The fourth-order valence-corrected chi connectivity index (χ4v) is 14.9. The van der Waals surface area contributed by atoms with Crippen LogP contribution in [0.5, 0.6) is 0 Å². The zero-order valence-corrected chi connectivity index (χ0v) is 43.5. The van der Waals surface area contributed by atoms with E-state index in [0.29, 0.717) is 17.4 Å². The van der Waals surface area contributed by atoms with Gasteiger partial charge in [0.2, 0.25) is 0 Å². The molecule has 0 bridgehead atoms. The SMILES string of the molecule is CC(C)c1cccc(C(C)C)c1-c1ccc2c3cc4c(-c5ccccc5)c5c6ccc7c8ccc9c%10c(ccc(c%11ccc(c5c(-c5ccccc5)c4cc3c3cccc1c32)c6c%117)c%108)-c1ccc(-c2cc(F)cc(F)c2)cc1-9. The molecule has 78 heavy (non-hydrogen) atoms. The zero-order valence-electron chi connectivity index (χ0n) is 43.5. The quantitative estimate of drug-likeness (QED) is 0.115. The van der Waals surface area contributed by atoms with Crippen LogP contribution in [0.15, 0.2) is 206 Å². The van der Waals surface area contributed by atoms with E-state index >= 15 is 0 Å². The topological polar surface area (TPSA) is 0 Å². The molecule has 0 heterocycles. The zero-order chi connectivity index (χ0) is 52.0. The lowest BCUT2D eigenvalue weighted by molar-refractivity contribution is 0.584. The summed E-state index contributed by atoms with van der Waals surface area (Å²) in [6.07, 6.45) is 0. The minimum Gasteiger partial charge on any atom is -0.207 e. The highest BCUT2D eigenvalue weighted by Gasteiger charge is 2.30. The Labute approximate surface area is 449 Å². The molecule has 0 amide bonds. The van der Waals surface area contributed by atoms with Crippen molar-refractivity contribution in [1.29, 1.82) is 0 Å². The highest BCUT2D eigenvalue weighted by Crippen LogP contribution is 2.58. The van der Waals surface area contributed by atoms with Gasteiger partial charge in [0.25, 0.3) is 0 Å². The molecule has 16 aromatic rings. The Balaban J connectivity index is 0.978. The lowest BCUT2D eigenvalue weighted by Gasteiger charge is -2.21. The molecule has 0 N–H and O–H groups in total. The second kappa shape index (κ2) is 15.7. The first-order valence-electron chi connectivity index (χ1n) is 27.5. The smallest absolute Gasteiger partial charge is 0.126 e. The molecular formula is C76H48F2. The second-order valence-corrected chi connectivity index (χ2v) is 22.7. The molecule has 0 fully saturated rings. The molecule has 0 radical (unpaired) electrons. The average molecular weight is 999 g/mol. The van der Waals surface area contributed by atoms with Crippen molar-refractivity contribution in [3.8, 4) is 66.8 Å². The van der Waals surface area contributed by atoms with Crippen molar-refractivity contribution < 1.29 is 8.78 Å². The number of hydrogen-bond donors (Lipinski definition) is 0. The molecule has 0 aromatic heterocycles. The summed E-state index contributed by atoms with van der Waals surface area (Å²) in [4.78, 5) is 0. The summed E-state index contributed by atoms with van der Waals surface area (Å²) in [7, 11) is 0. The molecule has 16 aromatic carbocycles. The fraction of sp³-hybridized carbons (Fsp3) is 0.0789. The summed E-state index contributed by atoms with van der Waals surface area (Å²) in [6, 6.07) is 74.9. The third-order valence-electron chi connectivity index (χ3n) is 18.1. The minimum absolute atomic E-state index is 0.386. The van der Waals surface area contributed by atoms with Gasteiger partial charge >= 0.3 is 0 Å². The first-order valence-corrected chi connectivity index (χ1v) is 27.5. The van der Waals surface area contributed by atoms with Crippen LogP contribution in [-0.4, -0.2) is 0 Å². The number of benzene rings is 14. The van der Waals surface area contributed by atoms with Crippen molar-refractivity contribution in [3.05, 3.63) is 229 Å². The molecule has 1 aliphatic carbocycles. The Bertz CT molecular complexity index is 5040. The van der Waals surface area contributed by atoms with E-state index < -0.39 is 11.6 Å². The largest absolute Gasteiger partial charge is 0.207 e. The van der Waals surface area contributed by atoms with Crippen LogP contribution in [0.1, 0.15) is 50.7 Å². The Morgan fingerprint density at radius 1 is 0.231 bits per heavy atom. The van der Waals surface area contributed by atoms with Gasteiger partial charge in [-0.25, -0.2) is 8.78 Å². The number of fused-ring (bicyclic) bond motifs is 12. The van der Waals surface area contributed by atoms with Crippen LogP contribution in [0.25, 0.3) is 174 Å². The van der Waals surface area contributed by atoms with Crippen LogP contribution < -0.4 is 0 Å². The molecule has 0 spiro atoms. The van der Waals surface area contributed by atoms with Crippen molar-refractivity contribution in [3.63, 3.8) is 0 Å². The predicted molar refractivity (Wildman–Crippen MR) is 329 cm³/mol. The molecule has 0 saturated carbocycles. The summed E-state index contributed by atoms with van der Waals surface area (Å²) < 4.78 is 29.0. The maximum Gasteiger partial charge on any atom is 0.126 e. The predicted octanol–water partition coefficient (Wildman–Crippen LogP) is 22.4. The summed E-state index contributed by atoms with van der Waals surface area (Å²) in [5, 5.41) is 25.5. The van der Waals surface area contributed by atoms with Gasteiger partial charge in [-0.3, -0.25) is 0 Å². The van der Waals surface area contributed by atoms with Crippen molar-refractivity contribution in [2.75, 3.05) is 0 Å². The molecule has 0 saturated heterocycles. The molecular weight excluding hydrogens is 951 g/mol. The molecule has 0 nitrogen and oxygen atoms in total. The highest BCUT2D eigenvalue weighted by molar-refractivity contribution is 6.47. The maximum absolute atomic E-state index is 14.5. The van der Waals surface area contributed by atoms with E-state index in [4.69, 9.17) is 0 Å². The van der Waals surface area contributed by atoms with Crippen molar-refractivity contribution >= 4 is 108 Å². The van der Waals surface area contributed by atoms with E-state index in [1.54, 1.807) is 0 Å². The Kier molecular flexibility index (Phi) is 8.84. The van der Waals surface area contributed by atoms with Gasteiger partial charge in [-0.15, -0.1) is 0 Å². The first kappa shape index (κ1) is 43.9. The van der Waals surface area contributed by atoms with Crippen LogP contribution in [-0.2, 0) is 0 Å². The molecule has 1 aliphatic rings. The maximum atomic E-state index is 14.5. The highest BCUT2D eigenvalue weighted by atomic mass is 19.1. The summed E-state index contributed by atoms with van der Waals surface area (Å²) >= 11 is 0. The fourth-order valence-electron chi connectivity index (χ4n) is 14.9. The Hall–Kier alpha value is -9.24. The lowest BCUT2D eigenvalue weighted by Crippen LogP contribution is -2.00. The van der Waals surface area contributed by atoms with Gasteiger partial charge < -0.3 is 0 Å². The molecule has 366 valence electrons. The normalized spacial score (nSPS) is 12.7. The molecule has 0 atom stereocenters. The van der Waals surface area contributed by atoms with Crippen LogP contribution in [0.3, 0.4) is 0 Å². The number of halogens is 2. The summed E-state index contributed by atoms with van der Waals surface area (Å²) in [5.41, 5.74) is 16.3. The van der Waals surface area contributed by atoms with Crippen LogP contribution >= 0.6 is 0 Å². The van der Waals surface area contributed by atoms with E-state index in [9.17, 15) is 8.78 Å². The molecule has 2 heteroatoms. The van der Waals surface area contributed by atoms with Gasteiger partial charge in [-0.05, 0) is 228 Å². The van der Waals surface area contributed by atoms with Gasteiger partial charge in [0.1, 0.15) is 11.6 Å². The molecule has 0 unspecified atom stereocenters. The van der Waals surface area contributed by atoms with Gasteiger partial charge in [0.15, 0.2) is 0 Å². The summed E-state index contributed by atoms with van der Waals surface area (Å²) in [5.74, 6) is -0.386. The average Bonchev–Trinajstić information content (AvgIpc) is 3.24. The third-order valence-corrected chi connectivity index (χ3v) is 18.1. The van der Waals surface area contributed by atoms with Crippen LogP contribution in [0.2, 0.25) is 0 Å². The van der Waals surface area contributed by atoms with Gasteiger partial charge in [-0.2, -0.15) is 0 Å². The van der Waals surface area contributed by atoms with E-state index in [-0.39, 0.29) is 0 Å². The van der Waals surface area contributed by atoms with Crippen molar-refractivity contribution in [1.82, 2.24) is 0 Å². The Morgan fingerprint density at radius 2 is 0.667 bits per heavy atom. The monoisotopic (exact) mass is 998 g/mol. The standard InChI is InChI=1S/C76H48F2/c1-39(2)47-17-11-18-48(40(3)4)69(47)53-24-27-58-64-38-66-65(37-63(64)51-20-12-19-50(53)70(51)58)67(41-13-7-5-8-14-41)75-60-31-29-56-54-25-23-52-49-22-21-43(44-33-45(77)36-46(78)34-44)35-62(49)59-28-26-55(72(54)71(52)59)57-30-32-61(74(60)73(56)57)76(75)68(66)42-15-9-6-10-16-42/h5-40H,1-4H3. The van der Waals surface area contributed by atoms with E-state index in [1.165, 1.54) is 170 Å². The minimum atomic E-state index is -0.579. The second-order valence-electron chi connectivity index (χ2n) is 22.7. The Morgan fingerprint density at radius 3 is 1.23 bits per heavy atom.